The molecule has 2 fully saturated rings. The van der Waals surface area contributed by atoms with Gasteiger partial charge in [-0.05, 0) is 72.2 Å². The van der Waals surface area contributed by atoms with Crippen LogP contribution in [0.1, 0.15) is 60.8 Å². The van der Waals surface area contributed by atoms with Crippen molar-refractivity contribution in [1.82, 2.24) is 4.90 Å². The van der Waals surface area contributed by atoms with Gasteiger partial charge in [0.25, 0.3) is 0 Å². The number of esters is 1. The zero-order valence-corrected chi connectivity index (χ0v) is 27.1. The number of likely N-dealkylation sites (N-methyl/N-ethyl adjacent to an activating group) is 1. The lowest BCUT2D eigenvalue weighted by Crippen LogP contribution is -2.63. The fraction of sp³-hybridized carbons (Fsp3) is 0.871. The molecule has 13 nitrogen and oxygen atoms in total. The maximum absolute atomic E-state index is 13.5. The van der Waals surface area contributed by atoms with Crippen molar-refractivity contribution in [2.24, 2.45) is 17.8 Å². The number of carbonyl (C=O) groups is 2. The maximum atomic E-state index is 13.5. The topological polar surface area (TPSA) is 185 Å². The number of nitrogens with zero attached hydrogens (tertiary/aromatic N) is 1. The molecule has 0 aliphatic carbocycles. The largest absolute Gasteiger partial charge is 0.459 e. The third kappa shape index (κ3) is 8.44. The fourth-order valence-electron chi connectivity index (χ4n) is 6.35. The highest BCUT2D eigenvalue weighted by Gasteiger charge is 2.50. The van der Waals surface area contributed by atoms with E-state index in [-0.39, 0.29) is 23.8 Å². The van der Waals surface area contributed by atoms with Crippen molar-refractivity contribution in [2.75, 3.05) is 20.7 Å². The van der Waals surface area contributed by atoms with Gasteiger partial charge in [-0.25, -0.2) is 0 Å². The van der Waals surface area contributed by atoms with Crippen LogP contribution in [0.25, 0.3) is 0 Å². The summed E-state index contributed by atoms with van der Waals surface area (Å²) in [6, 6.07) is -0.329. The summed E-state index contributed by atoms with van der Waals surface area (Å²) >= 11 is 0. The van der Waals surface area contributed by atoms with E-state index >= 15 is 0 Å². The van der Waals surface area contributed by atoms with Crippen LogP contribution in [0.4, 0.5) is 0 Å². The molecule has 3 heterocycles. The van der Waals surface area contributed by atoms with E-state index in [9.17, 15) is 35.1 Å². The molecule has 2 saturated heterocycles. The van der Waals surface area contributed by atoms with Crippen LogP contribution in [0.15, 0.2) is 12.2 Å². The van der Waals surface area contributed by atoms with E-state index in [0.29, 0.717) is 19.3 Å². The van der Waals surface area contributed by atoms with Crippen molar-refractivity contribution in [3.05, 3.63) is 12.2 Å². The first-order valence-corrected chi connectivity index (χ1v) is 15.6. The third-order valence-electron chi connectivity index (χ3n) is 9.18. The van der Waals surface area contributed by atoms with Gasteiger partial charge in [0.1, 0.15) is 42.2 Å². The van der Waals surface area contributed by atoms with Gasteiger partial charge >= 0.3 is 5.97 Å². The summed E-state index contributed by atoms with van der Waals surface area (Å²) < 4.78 is 30.5. The number of cyclic esters (lactones) is 1. The van der Waals surface area contributed by atoms with Crippen LogP contribution in [0, 0.1) is 17.8 Å². The Morgan fingerprint density at radius 3 is 2.18 bits per heavy atom. The first kappa shape index (κ1) is 36.9. The van der Waals surface area contributed by atoms with Gasteiger partial charge in [0.05, 0.1) is 24.7 Å². The maximum Gasteiger partial charge on any atom is 0.311 e. The molecule has 3 aliphatic heterocycles. The Bertz CT molecular complexity index is 989. The predicted molar refractivity (Wildman–Crippen MR) is 157 cm³/mol. The number of aliphatic hydroxyl groups excluding tert-OH is 4. The Labute approximate surface area is 260 Å². The van der Waals surface area contributed by atoms with Crippen molar-refractivity contribution in [3.63, 3.8) is 0 Å². The van der Waals surface area contributed by atoms with E-state index in [0.717, 1.165) is 0 Å². The molecule has 0 radical (unpaired) electrons. The monoisotopic (exact) mass is 631 g/mol. The number of allylic oxidation sites excluding steroid dienone is 1. The van der Waals surface area contributed by atoms with E-state index < -0.39 is 85.3 Å². The number of ketones is 1. The highest BCUT2D eigenvalue weighted by molar-refractivity contribution is 5.91. The molecule has 0 aromatic rings. The Kier molecular flexibility index (Phi) is 12.9. The minimum Gasteiger partial charge on any atom is -0.459 e. The molecule has 15 atom stereocenters. The molecule has 0 aromatic heterocycles. The molecule has 13 heteroatoms. The average Bonchev–Trinajstić information content (AvgIpc) is 2.96. The summed E-state index contributed by atoms with van der Waals surface area (Å²) in [5.74, 6) is -2.37. The Morgan fingerprint density at radius 1 is 0.955 bits per heavy atom. The molecule has 0 saturated carbocycles. The van der Waals surface area contributed by atoms with Gasteiger partial charge in [0.2, 0.25) is 0 Å². The molecule has 3 rings (SSSR count). The van der Waals surface area contributed by atoms with Gasteiger partial charge < -0.3 is 54.1 Å². The van der Waals surface area contributed by atoms with Gasteiger partial charge in [0, 0.05) is 12.0 Å². The molecule has 44 heavy (non-hydrogen) atoms. The SMILES string of the molecule is CC[C@H]1OC(=O)[C@H](C)[C@@H](O[C@@H]2O[C@H](C)C[C@H](N(C)C)[C@H]2O[C@@H]2O[C@H](CO)[C@@H](O)[C@H](O)[C@H]2O)[C@@H](C)C[C@@H](C)C(=O)/C=C/[C@]1(C)O. The lowest BCUT2D eigenvalue weighted by molar-refractivity contribution is -0.355. The van der Waals surface area contributed by atoms with Crippen LogP contribution >= 0.6 is 0 Å². The number of hydrogen-bond acceptors (Lipinski definition) is 13. The van der Waals surface area contributed by atoms with E-state index in [1.54, 1.807) is 20.8 Å². The molecule has 0 spiro atoms. The first-order chi connectivity index (χ1) is 20.5. The second-order valence-corrected chi connectivity index (χ2v) is 13.2. The summed E-state index contributed by atoms with van der Waals surface area (Å²) in [4.78, 5) is 28.4. The number of rotatable bonds is 7. The Hall–Kier alpha value is -1.52. The van der Waals surface area contributed by atoms with E-state index in [2.05, 4.69) is 0 Å². The molecule has 5 N–H and O–H groups in total. The number of ether oxygens (including phenoxy) is 5. The number of hydrogen-bond donors (Lipinski definition) is 5. The van der Waals surface area contributed by atoms with Crippen LogP contribution in [-0.4, -0.2) is 136 Å². The summed E-state index contributed by atoms with van der Waals surface area (Å²) in [5.41, 5.74) is -1.56. The van der Waals surface area contributed by atoms with Crippen LogP contribution in [0.2, 0.25) is 0 Å². The molecule has 3 aliphatic rings. The minimum absolute atomic E-state index is 0.177. The number of carbonyl (C=O) groups excluding carboxylic acids is 2. The van der Waals surface area contributed by atoms with Crippen molar-refractivity contribution < 1.29 is 58.8 Å². The van der Waals surface area contributed by atoms with Gasteiger partial charge in [-0.1, -0.05) is 20.8 Å². The van der Waals surface area contributed by atoms with Gasteiger partial charge in [-0.15, -0.1) is 0 Å². The minimum atomic E-state index is -1.64. The highest BCUT2D eigenvalue weighted by atomic mass is 16.7. The molecule has 0 unspecified atom stereocenters. The fourth-order valence-corrected chi connectivity index (χ4v) is 6.35. The lowest BCUT2D eigenvalue weighted by atomic mass is 9.84. The zero-order valence-electron chi connectivity index (χ0n) is 27.1. The second kappa shape index (κ2) is 15.4. The summed E-state index contributed by atoms with van der Waals surface area (Å²) in [5, 5.41) is 52.0. The highest BCUT2D eigenvalue weighted by Crippen LogP contribution is 2.35. The Morgan fingerprint density at radius 2 is 1.59 bits per heavy atom. The molecule has 0 amide bonds. The molecule has 254 valence electrons. The first-order valence-electron chi connectivity index (χ1n) is 15.6. The predicted octanol–water partition coefficient (Wildman–Crippen LogP) is 0.132. The van der Waals surface area contributed by atoms with Crippen LogP contribution in [0.3, 0.4) is 0 Å². The third-order valence-corrected chi connectivity index (χ3v) is 9.18. The van der Waals surface area contributed by atoms with E-state index in [4.69, 9.17) is 23.7 Å². The molecule has 0 aromatic carbocycles. The standard InChI is InChI=1S/C31H53NO12/c1-9-22-31(6,39)11-10-20(34)15(2)12-16(3)26(18(5)28(38)42-22)43-30-27(19(32(7)8)13-17(4)40-30)44-29-25(37)24(36)23(35)21(14-33)41-29/h10-11,15-19,21-27,29-30,33,35-37,39H,9,12-14H2,1-8H3/b11-10+/t15-,16+,17-,18-,19+,21-,22-,23-,24+,25-,26+,27-,29+,30+,31+/m1/s1. The van der Waals surface area contributed by atoms with Crippen LogP contribution < -0.4 is 0 Å². The van der Waals surface area contributed by atoms with Gasteiger partial charge in [0.15, 0.2) is 18.4 Å². The van der Waals surface area contributed by atoms with Crippen LogP contribution in [-0.2, 0) is 33.3 Å². The van der Waals surface area contributed by atoms with Crippen molar-refractivity contribution in [3.8, 4) is 0 Å². The quantitative estimate of drug-likeness (QED) is 0.239. The van der Waals surface area contributed by atoms with E-state index in [1.807, 2.05) is 32.8 Å². The molecular formula is C31H53NO12. The normalized spacial score (nSPS) is 47.0. The Balaban J connectivity index is 1.97. The van der Waals surface area contributed by atoms with Crippen molar-refractivity contribution in [1.29, 1.82) is 0 Å². The lowest BCUT2D eigenvalue weighted by Gasteiger charge is -2.48. The molecule has 0 bridgehead atoms. The zero-order chi connectivity index (χ0) is 33.1. The summed E-state index contributed by atoms with van der Waals surface area (Å²) in [7, 11) is 3.69. The van der Waals surface area contributed by atoms with E-state index in [1.165, 1.54) is 19.1 Å². The summed E-state index contributed by atoms with van der Waals surface area (Å²) in [6.45, 7) is 9.86. The van der Waals surface area contributed by atoms with Gasteiger partial charge in [-0.3, -0.25) is 9.59 Å². The molecular weight excluding hydrogens is 578 g/mol. The van der Waals surface area contributed by atoms with Crippen LogP contribution in [0.5, 0.6) is 0 Å². The average molecular weight is 632 g/mol. The second-order valence-electron chi connectivity index (χ2n) is 13.2. The number of aliphatic hydroxyl groups is 5. The van der Waals surface area contributed by atoms with Crippen molar-refractivity contribution >= 4 is 11.8 Å². The smallest absolute Gasteiger partial charge is 0.311 e. The van der Waals surface area contributed by atoms with Gasteiger partial charge in [-0.2, -0.15) is 0 Å². The van der Waals surface area contributed by atoms with Crippen molar-refractivity contribution in [2.45, 2.75) is 134 Å². The summed E-state index contributed by atoms with van der Waals surface area (Å²) in [6.07, 6.45) is -7.54.